The molecule has 1 aromatic heterocycles. The molecule has 0 aliphatic carbocycles. The first-order chi connectivity index (χ1) is 14.7. The van der Waals surface area contributed by atoms with E-state index in [1.807, 2.05) is 18.2 Å². The molecule has 0 saturated carbocycles. The van der Waals surface area contributed by atoms with E-state index in [9.17, 15) is 5.11 Å². The number of benzene rings is 2. The van der Waals surface area contributed by atoms with Crippen molar-refractivity contribution in [1.29, 1.82) is 0 Å². The van der Waals surface area contributed by atoms with Crippen molar-refractivity contribution < 1.29 is 9.84 Å². The fraction of sp³-hybridized carbons (Fsp3) is 0.360. The molecule has 5 heteroatoms. The molecule has 1 N–H and O–H groups in total. The van der Waals surface area contributed by atoms with Gasteiger partial charge in [0.05, 0.1) is 13.2 Å². The average Bonchev–Trinajstić information content (AvgIpc) is 3.23. The monoisotopic (exact) mass is 422 g/mol. The lowest BCUT2D eigenvalue weighted by atomic mass is 10.1. The number of fused-ring (bicyclic) bond motifs is 1. The van der Waals surface area contributed by atoms with Crippen molar-refractivity contribution in [3.8, 4) is 5.75 Å². The lowest BCUT2D eigenvalue weighted by Crippen LogP contribution is -2.46. The maximum atomic E-state index is 10.7. The summed E-state index contributed by atoms with van der Waals surface area (Å²) in [7, 11) is 1.69. The molecule has 4 nitrogen and oxygen atoms in total. The van der Waals surface area contributed by atoms with Gasteiger partial charge in [0.15, 0.2) is 0 Å². The smallest absolute Gasteiger partial charge is 0.118 e. The molecule has 158 valence electrons. The zero-order valence-corrected chi connectivity index (χ0v) is 18.4. The highest BCUT2D eigenvalue weighted by atomic mass is 32.1. The summed E-state index contributed by atoms with van der Waals surface area (Å²) in [6, 6.07) is 16.5. The summed E-state index contributed by atoms with van der Waals surface area (Å²) in [5, 5.41) is 14.0. The molecule has 30 heavy (non-hydrogen) atoms. The van der Waals surface area contributed by atoms with Crippen LogP contribution in [-0.2, 0) is 0 Å². The Morgan fingerprint density at radius 3 is 2.53 bits per heavy atom. The molecule has 4 rings (SSSR count). The van der Waals surface area contributed by atoms with Crippen molar-refractivity contribution in [3.05, 3.63) is 71.1 Å². The molecule has 3 aromatic rings. The minimum absolute atomic E-state index is 0.383. The van der Waals surface area contributed by atoms with Gasteiger partial charge in [0.2, 0.25) is 0 Å². The second-order valence-electron chi connectivity index (χ2n) is 7.81. The van der Waals surface area contributed by atoms with E-state index in [1.165, 1.54) is 15.6 Å². The molecule has 0 amide bonds. The molecule has 1 atom stereocenters. The second-order valence-corrected chi connectivity index (χ2v) is 8.72. The first-order valence-electron chi connectivity index (χ1n) is 10.6. The Kier molecular flexibility index (Phi) is 7.18. The summed E-state index contributed by atoms with van der Waals surface area (Å²) in [6.07, 6.45) is 4.82. The first-order valence-corrected chi connectivity index (χ1v) is 11.5. The number of rotatable bonds is 8. The summed E-state index contributed by atoms with van der Waals surface area (Å²) in [4.78, 5) is 4.96. The van der Waals surface area contributed by atoms with Gasteiger partial charge < -0.3 is 14.7 Å². The van der Waals surface area contributed by atoms with Crippen molar-refractivity contribution in [3.63, 3.8) is 0 Å². The Balaban J connectivity index is 1.19. The van der Waals surface area contributed by atoms with Crippen LogP contribution in [-0.4, -0.2) is 61.3 Å². The minimum atomic E-state index is -0.383. The predicted molar refractivity (Wildman–Crippen MR) is 126 cm³/mol. The zero-order chi connectivity index (χ0) is 20.8. The van der Waals surface area contributed by atoms with Gasteiger partial charge in [-0.25, -0.2) is 0 Å². The van der Waals surface area contributed by atoms with Gasteiger partial charge in [-0.15, -0.1) is 11.3 Å². The third kappa shape index (κ3) is 5.29. The Labute approximate surface area is 183 Å². The second kappa shape index (κ2) is 10.2. The SMILES string of the molecule is COc1ccc(/C=C/CN2CCN(CCC(O)c3csc4ccccc34)CC2)cc1. The number of aliphatic hydroxyl groups excluding tert-OH is 1. The number of methoxy groups -OCH3 is 1. The van der Waals surface area contributed by atoms with Crippen LogP contribution in [0, 0.1) is 0 Å². The maximum absolute atomic E-state index is 10.7. The van der Waals surface area contributed by atoms with Crippen LogP contribution in [0.1, 0.15) is 23.7 Å². The third-order valence-corrected chi connectivity index (χ3v) is 6.83. The topological polar surface area (TPSA) is 35.9 Å². The molecule has 0 bridgehead atoms. The minimum Gasteiger partial charge on any atom is -0.497 e. The Hall–Kier alpha value is -2.18. The summed E-state index contributed by atoms with van der Waals surface area (Å²) in [6.45, 7) is 6.19. The number of hydrogen-bond acceptors (Lipinski definition) is 5. The largest absolute Gasteiger partial charge is 0.497 e. The van der Waals surface area contributed by atoms with Gasteiger partial charge in [0.25, 0.3) is 0 Å². The summed E-state index contributed by atoms with van der Waals surface area (Å²) in [5.74, 6) is 0.889. The summed E-state index contributed by atoms with van der Waals surface area (Å²) < 4.78 is 6.45. The average molecular weight is 423 g/mol. The molecule has 2 aromatic carbocycles. The van der Waals surface area contributed by atoms with Gasteiger partial charge in [-0.1, -0.05) is 42.5 Å². The van der Waals surface area contributed by atoms with Gasteiger partial charge in [-0.05, 0) is 46.5 Å². The standard InChI is InChI=1S/C25H30N2O2S/c1-29-21-10-8-20(9-11-21)5-4-13-26-15-17-27(18-16-26)14-12-24(28)23-19-30-25-7-3-2-6-22(23)25/h2-11,19,24,28H,12-18H2,1H3/b5-4+. The Morgan fingerprint density at radius 1 is 1.03 bits per heavy atom. The van der Waals surface area contributed by atoms with Crippen molar-refractivity contribution in [2.45, 2.75) is 12.5 Å². The maximum Gasteiger partial charge on any atom is 0.118 e. The van der Waals surface area contributed by atoms with Crippen LogP contribution >= 0.6 is 11.3 Å². The van der Waals surface area contributed by atoms with E-state index in [0.29, 0.717) is 0 Å². The molecule has 1 fully saturated rings. The quantitative estimate of drug-likeness (QED) is 0.573. The van der Waals surface area contributed by atoms with Crippen molar-refractivity contribution in [1.82, 2.24) is 9.80 Å². The Bertz CT molecular complexity index is 959. The van der Waals surface area contributed by atoms with Gasteiger partial charge in [0.1, 0.15) is 5.75 Å². The van der Waals surface area contributed by atoms with E-state index in [4.69, 9.17) is 4.74 Å². The lowest BCUT2D eigenvalue weighted by molar-refractivity contribution is 0.108. The third-order valence-electron chi connectivity index (χ3n) is 5.84. The van der Waals surface area contributed by atoms with Gasteiger partial charge in [-0.3, -0.25) is 4.90 Å². The predicted octanol–water partition coefficient (Wildman–Crippen LogP) is 4.66. The highest BCUT2D eigenvalue weighted by Crippen LogP contribution is 2.31. The number of nitrogens with zero attached hydrogens (tertiary/aromatic N) is 2. The Morgan fingerprint density at radius 2 is 1.77 bits per heavy atom. The van der Waals surface area contributed by atoms with Gasteiger partial charge in [-0.2, -0.15) is 0 Å². The molecule has 0 radical (unpaired) electrons. The molecule has 2 heterocycles. The number of hydrogen-bond donors (Lipinski definition) is 1. The first kappa shape index (κ1) is 21.1. The van der Waals surface area contributed by atoms with Crippen LogP contribution in [0.3, 0.4) is 0 Å². The van der Waals surface area contributed by atoms with E-state index >= 15 is 0 Å². The van der Waals surface area contributed by atoms with Crippen molar-refractivity contribution >= 4 is 27.5 Å². The van der Waals surface area contributed by atoms with Gasteiger partial charge in [0, 0.05) is 44.0 Å². The van der Waals surface area contributed by atoms with Crippen LogP contribution in [0.25, 0.3) is 16.2 Å². The number of ether oxygens (including phenoxy) is 1. The normalized spacial score (nSPS) is 17.0. The molecule has 0 spiro atoms. The van der Waals surface area contributed by atoms with Crippen LogP contribution in [0.4, 0.5) is 0 Å². The number of piperazine rings is 1. The summed E-state index contributed by atoms with van der Waals surface area (Å²) in [5.41, 5.74) is 2.28. The number of aliphatic hydroxyl groups is 1. The van der Waals surface area contributed by atoms with Crippen LogP contribution in [0.5, 0.6) is 5.75 Å². The van der Waals surface area contributed by atoms with Crippen LogP contribution in [0.15, 0.2) is 60.0 Å². The van der Waals surface area contributed by atoms with E-state index in [1.54, 1.807) is 18.4 Å². The highest BCUT2D eigenvalue weighted by molar-refractivity contribution is 7.17. The lowest BCUT2D eigenvalue weighted by Gasteiger charge is -2.34. The van der Waals surface area contributed by atoms with Crippen molar-refractivity contribution in [2.24, 2.45) is 0 Å². The molecule has 1 saturated heterocycles. The molecule has 1 aliphatic heterocycles. The van der Waals surface area contributed by atoms with E-state index in [2.05, 4.69) is 57.7 Å². The van der Waals surface area contributed by atoms with E-state index < -0.39 is 0 Å². The zero-order valence-electron chi connectivity index (χ0n) is 17.5. The summed E-state index contributed by atoms with van der Waals surface area (Å²) >= 11 is 1.72. The van der Waals surface area contributed by atoms with E-state index in [0.717, 1.165) is 57.0 Å². The van der Waals surface area contributed by atoms with Crippen LogP contribution < -0.4 is 4.74 Å². The number of thiophene rings is 1. The van der Waals surface area contributed by atoms with Crippen molar-refractivity contribution in [2.75, 3.05) is 46.4 Å². The van der Waals surface area contributed by atoms with Gasteiger partial charge >= 0.3 is 0 Å². The van der Waals surface area contributed by atoms with Crippen LogP contribution in [0.2, 0.25) is 0 Å². The molecular weight excluding hydrogens is 392 g/mol. The fourth-order valence-corrected chi connectivity index (χ4v) is 4.97. The van der Waals surface area contributed by atoms with E-state index in [-0.39, 0.29) is 6.10 Å². The highest BCUT2D eigenvalue weighted by Gasteiger charge is 2.18. The molecule has 1 unspecified atom stereocenters. The fourth-order valence-electron chi connectivity index (χ4n) is 3.97. The molecule has 1 aliphatic rings. The molecular formula is C25H30N2O2S.